The van der Waals surface area contributed by atoms with Crippen molar-refractivity contribution in [3.05, 3.63) is 29.3 Å². The highest BCUT2D eigenvalue weighted by Gasteiger charge is 2.21. The van der Waals surface area contributed by atoms with Crippen LogP contribution in [0, 0.1) is 0 Å². The number of carboxylic acids is 1. The van der Waals surface area contributed by atoms with Gasteiger partial charge in [0, 0.05) is 18.4 Å². The highest BCUT2D eigenvalue weighted by atomic mass is 16.5. The van der Waals surface area contributed by atoms with Crippen molar-refractivity contribution in [2.75, 3.05) is 13.7 Å². The Morgan fingerprint density at radius 2 is 2.04 bits per heavy atom. The van der Waals surface area contributed by atoms with Gasteiger partial charge in [-0.3, -0.25) is 9.79 Å². The Morgan fingerprint density at radius 1 is 1.35 bits per heavy atom. The van der Waals surface area contributed by atoms with Gasteiger partial charge >= 0.3 is 11.9 Å². The molecule has 7 nitrogen and oxygen atoms in total. The smallest absolute Gasteiger partial charge is 0.333 e. The number of carboxylic acid groups (broad SMARTS) is 1. The van der Waals surface area contributed by atoms with E-state index in [0.717, 1.165) is 0 Å². The maximum Gasteiger partial charge on any atom is 0.333 e. The summed E-state index contributed by atoms with van der Waals surface area (Å²) in [5.74, 6) is -1.59. The van der Waals surface area contributed by atoms with E-state index >= 15 is 0 Å². The number of phenolic OH excluding ortho intramolecular Hbond substituents is 1. The highest BCUT2D eigenvalue weighted by Crippen LogP contribution is 2.25. The van der Waals surface area contributed by atoms with Crippen molar-refractivity contribution in [3.63, 3.8) is 0 Å². The van der Waals surface area contributed by atoms with Gasteiger partial charge in [0.25, 0.3) is 0 Å². The van der Waals surface area contributed by atoms with Gasteiger partial charge in [0.2, 0.25) is 0 Å². The Kier molecular flexibility index (Phi) is 7.21. The Bertz CT molecular complexity index is 596. The molecule has 0 fully saturated rings. The largest absolute Gasteiger partial charge is 0.508 e. The number of carbonyl (C=O) groups excluding carboxylic acids is 1. The number of phenols is 1. The number of nitrogens with zero attached hydrogens (tertiary/aromatic N) is 1. The summed E-state index contributed by atoms with van der Waals surface area (Å²) in [5.41, 5.74) is 1.22. The number of rotatable bonds is 8. The Labute approximate surface area is 134 Å². The first-order valence-corrected chi connectivity index (χ1v) is 7.11. The van der Waals surface area contributed by atoms with Crippen LogP contribution in [0.1, 0.15) is 37.4 Å². The molecular weight excluding hydrogens is 302 g/mol. The van der Waals surface area contributed by atoms with Crippen LogP contribution in [-0.2, 0) is 25.7 Å². The number of aromatic hydroxyl groups is 1. The molecule has 0 aromatic heterocycles. The third kappa shape index (κ3) is 5.71. The van der Waals surface area contributed by atoms with Gasteiger partial charge in [-0.05, 0) is 31.5 Å². The summed E-state index contributed by atoms with van der Waals surface area (Å²) in [4.78, 5) is 27.0. The summed E-state index contributed by atoms with van der Waals surface area (Å²) in [7, 11) is 1.47. The Morgan fingerprint density at radius 3 is 2.61 bits per heavy atom. The van der Waals surface area contributed by atoms with Crippen molar-refractivity contribution >= 4 is 17.7 Å². The minimum atomic E-state index is -1.17. The molecule has 0 saturated heterocycles. The van der Waals surface area contributed by atoms with E-state index in [1.54, 1.807) is 13.8 Å². The average molecular weight is 323 g/mol. The third-order valence-electron chi connectivity index (χ3n) is 3.01. The fourth-order valence-electron chi connectivity index (χ4n) is 2.01. The number of esters is 1. The summed E-state index contributed by atoms with van der Waals surface area (Å²) >= 11 is 0. The molecule has 1 rings (SSSR count). The summed E-state index contributed by atoms with van der Waals surface area (Å²) in [5, 5.41) is 19.1. The fourth-order valence-corrected chi connectivity index (χ4v) is 2.01. The first-order chi connectivity index (χ1) is 10.9. The number of benzene rings is 1. The van der Waals surface area contributed by atoms with Gasteiger partial charge in [0.05, 0.1) is 19.6 Å². The van der Waals surface area contributed by atoms with Crippen molar-refractivity contribution in [1.29, 1.82) is 0 Å². The molecule has 0 heterocycles. The lowest BCUT2D eigenvalue weighted by molar-refractivity contribution is -0.142. The van der Waals surface area contributed by atoms with Crippen molar-refractivity contribution in [1.82, 2.24) is 0 Å². The van der Waals surface area contributed by atoms with Gasteiger partial charge in [-0.1, -0.05) is 6.07 Å². The number of carbonyl (C=O) groups is 2. The molecule has 2 N–H and O–H groups in total. The Hall–Kier alpha value is -2.41. The van der Waals surface area contributed by atoms with Crippen molar-refractivity contribution < 1.29 is 29.3 Å². The summed E-state index contributed by atoms with van der Waals surface area (Å²) < 4.78 is 9.77. The predicted octanol–water partition coefficient (Wildman–Crippen LogP) is 2.08. The summed E-state index contributed by atoms with van der Waals surface area (Å²) in [6.45, 7) is 3.67. The van der Waals surface area contributed by atoms with Crippen molar-refractivity contribution in [2.24, 2.45) is 4.99 Å². The fraction of sp³-hybridized carbons (Fsp3) is 0.438. The van der Waals surface area contributed by atoms with E-state index in [4.69, 9.17) is 9.47 Å². The van der Waals surface area contributed by atoms with Gasteiger partial charge < -0.3 is 19.7 Å². The van der Waals surface area contributed by atoms with Crippen LogP contribution in [0.5, 0.6) is 5.75 Å². The van der Waals surface area contributed by atoms with Crippen LogP contribution < -0.4 is 0 Å². The zero-order valence-corrected chi connectivity index (χ0v) is 13.4. The topological polar surface area (TPSA) is 105 Å². The molecule has 0 aliphatic heterocycles. The molecule has 0 bridgehead atoms. The lowest BCUT2D eigenvalue weighted by Crippen LogP contribution is -2.14. The number of aliphatic carboxylic acids is 1. The predicted molar refractivity (Wildman–Crippen MR) is 83.6 cm³/mol. The molecule has 1 unspecified atom stereocenters. The maximum absolute atomic E-state index is 11.5. The van der Waals surface area contributed by atoms with E-state index in [1.807, 2.05) is 0 Å². The van der Waals surface area contributed by atoms with E-state index in [9.17, 15) is 19.8 Å². The van der Waals surface area contributed by atoms with Crippen LogP contribution in [0.2, 0.25) is 0 Å². The molecule has 126 valence electrons. The SMILES string of the molecule is CCOC(=O)CC(C)=NC(C(=O)O)c1ccc(O)c(COC)c1. The quantitative estimate of drug-likeness (QED) is 0.560. The molecule has 0 saturated carbocycles. The number of aliphatic imine (C=N–C) groups is 1. The molecule has 0 aliphatic rings. The first-order valence-electron chi connectivity index (χ1n) is 7.11. The van der Waals surface area contributed by atoms with Crippen LogP contribution >= 0.6 is 0 Å². The van der Waals surface area contributed by atoms with E-state index in [0.29, 0.717) is 16.8 Å². The van der Waals surface area contributed by atoms with Gasteiger partial charge in [0.15, 0.2) is 6.04 Å². The van der Waals surface area contributed by atoms with Crippen molar-refractivity contribution in [2.45, 2.75) is 32.9 Å². The van der Waals surface area contributed by atoms with Crippen LogP contribution in [0.3, 0.4) is 0 Å². The van der Waals surface area contributed by atoms with E-state index in [2.05, 4.69) is 4.99 Å². The maximum atomic E-state index is 11.5. The van der Waals surface area contributed by atoms with Crippen LogP contribution in [0.4, 0.5) is 0 Å². The number of methoxy groups -OCH3 is 1. The summed E-state index contributed by atoms with van der Waals surface area (Å²) in [6, 6.07) is 3.24. The van der Waals surface area contributed by atoms with Crippen molar-refractivity contribution in [3.8, 4) is 5.75 Å². The van der Waals surface area contributed by atoms with Crippen LogP contribution in [-0.4, -0.2) is 41.6 Å². The minimum absolute atomic E-state index is 0.0203. The number of hydrogen-bond acceptors (Lipinski definition) is 6. The average Bonchev–Trinajstić information content (AvgIpc) is 2.47. The number of hydrogen-bond donors (Lipinski definition) is 2. The molecule has 1 aromatic rings. The zero-order chi connectivity index (χ0) is 17.4. The molecule has 0 spiro atoms. The Balaban J connectivity index is 3.05. The minimum Gasteiger partial charge on any atom is -0.508 e. The molecular formula is C16H21NO6. The molecule has 0 radical (unpaired) electrons. The third-order valence-corrected chi connectivity index (χ3v) is 3.01. The van der Waals surface area contributed by atoms with Gasteiger partial charge in [-0.2, -0.15) is 0 Å². The molecule has 1 aromatic carbocycles. The monoisotopic (exact) mass is 323 g/mol. The molecule has 7 heteroatoms. The molecule has 23 heavy (non-hydrogen) atoms. The first kappa shape index (κ1) is 18.6. The second-order valence-corrected chi connectivity index (χ2v) is 4.91. The van der Waals surface area contributed by atoms with E-state index in [-0.39, 0.29) is 25.4 Å². The lowest BCUT2D eigenvalue weighted by atomic mass is 10.0. The van der Waals surface area contributed by atoms with Gasteiger partial charge in [-0.15, -0.1) is 0 Å². The standard InChI is InChI=1S/C16H21NO6/c1-4-23-14(19)7-10(2)17-15(16(20)21)11-5-6-13(18)12(8-11)9-22-3/h5-6,8,15,18H,4,7,9H2,1-3H3,(H,20,21). The molecule has 0 aliphatic carbocycles. The highest BCUT2D eigenvalue weighted by molar-refractivity contribution is 5.98. The van der Waals surface area contributed by atoms with Crippen LogP contribution in [0.25, 0.3) is 0 Å². The van der Waals surface area contributed by atoms with E-state index in [1.165, 1.54) is 25.3 Å². The molecule has 0 amide bonds. The second kappa shape index (κ2) is 8.89. The van der Waals surface area contributed by atoms with Gasteiger partial charge in [-0.25, -0.2) is 4.79 Å². The molecule has 1 atom stereocenters. The lowest BCUT2D eigenvalue weighted by Gasteiger charge is -2.12. The van der Waals surface area contributed by atoms with Crippen LogP contribution in [0.15, 0.2) is 23.2 Å². The number of ether oxygens (including phenoxy) is 2. The second-order valence-electron chi connectivity index (χ2n) is 4.91. The normalized spacial score (nSPS) is 12.7. The van der Waals surface area contributed by atoms with E-state index < -0.39 is 18.0 Å². The zero-order valence-electron chi connectivity index (χ0n) is 13.4. The van der Waals surface area contributed by atoms with Gasteiger partial charge in [0.1, 0.15) is 5.75 Å². The summed E-state index contributed by atoms with van der Waals surface area (Å²) in [6.07, 6.45) is -0.0688.